The number of aromatic nitrogens is 2. The quantitative estimate of drug-likeness (QED) is 0.793. The Morgan fingerprint density at radius 2 is 2.05 bits per heavy atom. The largest absolute Gasteiger partial charge is 0.326 e. The zero-order chi connectivity index (χ0) is 14.1. The Balaban J connectivity index is 2.14. The van der Waals surface area contributed by atoms with E-state index in [2.05, 4.69) is 54.0 Å². The van der Waals surface area contributed by atoms with Crippen molar-refractivity contribution in [2.24, 2.45) is 5.73 Å². The molecule has 0 aliphatic rings. The molecule has 0 spiro atoms. The monoisotopic (exact) mass is 285 g/mol. The number of rotatable bonds is 4. The molecule has 0 aliphatic heterocycles. The summed E-state index contributed by atoms with van der Waals surface area (Å²) in [5, 5.41) is 5.75. The van der Waals surface area contributed by atoms with Crippen LogP contribution in [0.15, 0.2) is 42.6 Å². The lowest BCUT2D eigenvalue weighted by Gasteiger charge is -2.23. The highest BCUT2D eigenvalue weighted by Gasteiger charge is 2.24. The zero-order valence-electron chi connectivity index (χ0n) is 11.8. The Labute approximate surface area is 123 Å². The molecule has 2 aromatic heterocycles. The fourth-order valence-corrected chi connectivity index (χ4v) is 3.60. The Morgan fingerprint density at radius 1 is 1.25 bits per heavy atom. The molecule has 0 bridgehead atoms. The van der Waals surface area contributed by atoms with E-state index in [0.29, 0.717) is 0 Å². The molecular formula is C16H19N3S. The van der Waals surface area contributed by atoms with Crippen molar-refractivity contribution in [1.82, 2.24) is 9.78 Å². The van der Waals surface area contributed by atoms with E-state index in [9.17, 15) is 0 Å². The second-order valence-corrected chi connectivity index (χ2v) is 6.43. The highest BCUT2D eigenvalue weighted by molar-refractivity contribution is 7.12. The van der Waals surface area contributed by atoms with Crippen LogP contribution in [0.1, 0.15) is 29.1 Å². The van der Waals surface area contributed by atoms with Gasteiger partial charge < -0.3 is 5.73 Å². The van der Waals surface area contributed by atoms with Gasteiger partial charge in [-0.15, -0.1) is 11.3 Å². The second kappa shape index (κ2) is 5.38. The molecule has 0 fully saturated rings. The minimum Gasteiger partial charge on any atom is -0.326 e. The maximum atomic E-state index is 6.39. The number of hydrogen-bond donors (Lipinski definition) is 1. The van der Waals surface area contributed by atoms with Crippen molar-refractivity contribution in [2.75, 3.05) is 0 Å². The van der Waals surface area contributed by atoms with Crippen LogP contribution in [0.2, 0.25) is 0 Å². The topological polar surface area (TPSA) is 43.8 Å². The number of nitrogens with two attached hydrogens (primary N) is 1. The molecule has 20 heavy (non-hydrogen) atoms. The van der Waals surface area contributed by atoms with Crippen LogP contribution in [0.5, 0.6) is 0 Å². The lowest BCUT2D eigenvalue weighted by Crippen LogP contribution is -2.32. The second-order valence-electron chi connectivity index (χ2n) is 5.11. The number of benzene rings is 1. The van der Waals surface area contributed by atoms with Crippen molar-refractivity contribution < 1.29 is 0 Å². The summed E-state index contributed by atoms with van der Waals surface area (Å²) in [4.78, 5) is 2.59. The maximum absolute atomic E-state index is 6.39. The number of para-hydroxylation sites is 1. The Hall–Kier alpha value is -1.65. The van der Waals surface area contributed by atoms with Crippen molar-refractivity contribution in [3.05, 3.63) is 52.3 Å². The summed E-state index contributed by atoms with van der Waals surface area (Å²) < 4.78 is 2.08. The first-order valence-corrected chi connectivity index (χ1v) is 7.76. The standard InChI is InChI=1S/C16H19N3S/c1-3-13(17)16(15-9-8-11(2)20-15)19-14-7-5-4-6-12(14)10-18-19/h4-10,13,16H,3,17H2,1-2H3. The third-order valence-electron chi connectivity index (χ3n) is 3.70. The third kappa shape index (κ3) is 2.25. The van der Waals surface area contributed by atoms with Crippen LogP contribution in [-0.4, -0.2) is 15.8 Å². The molecule has 2 unspecified atom stereocenters. The molecule has 2 N–H and O–H groups in total. The molecule has 4 heteroatoms. The van der Waals surface area contributed by atoms with E-state index in [1.54, 1.807) is 11.3 Å². The summed E-state index contributed by atoms with van der Waals surface area (Å²) in [6, 6.07) is 12.8. The van der Waals surface area contributed by atoms with E-state index in [1.165, 1.54) is 9.75 Å². The number of hydrogen-bond acceptors (Lipinski definition) is 3. The van der Waals surface area contributed by atoms with Crippen molar-refractivity contribution in [2.45, 2.75) is 32.4 Å². The molecule has 0 saturated carbocycles. The van der Waals surface area contributed by atoms with Gasteiger partial charge in [0.1, 0.15) is 6.04 Å². The molecule has 0 saturated heterocycles. The molecule has 0 radical (unpaired) electrons. The van der Waals surface area contributed by atoms with Gasteiger partial charge in [0, 0.05) is 21.2 Å². The van der Waals surface area contributed by atoms with Crippen LogP contribution in [0.4, 0.5) is 0 Å². The summed E-state index contributed by atoms with van der Waals surface area (Å²) in [6.45, 7) is 4.26. The molecule has 1 aromatic carbocycles. The highest BCUT2D eigenvalue weighted by Crippen LogP contribution is 2.31. The lowest BCUT2D eigenvalue weighted by molar-refractivity contribution is 0.440. The van der Waals surface area contributed by atoms with E-state index in [4.69, 9.17) is 5.73 Å². The van der Waals surface area contributed by atoms with Gasteiger partial charge in [0.05, 0.1) is 11.7 Å². The highest BCUT2D eigenvalue weighted by atomic mass is 32.1. The van der Waals surface area contributed by atoms with Crippen molar-refractivity contribution in [3.8, 4) is 0 Å². The van der Waals surface area contributed by atoms with Gasteiger partial charge in [-0.1, -0.05) is 25.1 Å². The average Bonchev–Trinajstić information content (AvgIpc) is 3.07. The Morgan fingerprint density at radius 3 is 2.75 bits per heavy atom. The molecule has 2 heterocycles. The lowest BCUT2D eigenvalue weighted by atomic mass is 10.0. The molecule has 3 rings (SSSR count). The van der Waals surface area contributed by atoms with E-state index in [0.717, 1.165) is 17.3 Å². The predicted molar refractivity (Wildman–Crippen MR) is 85.2 cm³/mol. The van der Waals surface area contributed by atoms with Crippen molar-refractivity contribution >= 4 is 22.2 Å². The fourth-order valence-electron chi connectivity index (χ4n) is 2.56. The maximum Gasteiger partial charge on any atom is 0.102 e. The van der Waals surface area contributed by atoms with E-state index in [-0.39, 0.29) is 12.1 Å². The minimum atomic E-state index is 0.0661. The summed E-state index contributed by atoms with van der Waals surface area (Å²) in [5.74, 6) is 0. The fraction of sp³-hybridized carbons (Fsp3) is 0.312. The van der Waals surface area contributed by atoms with E-state index < -0.39 is 0 Å². The van der Waals surface area contributed by atoms with Crippen LogP contribution in [0, 0.1) is 6.92 Å². The summed E-state index contributed by atoms with van der Waals surface area (Å²) >= 11 is 1.81. The van der Waals surface area contributed by atoms with Crippen LogP contribution in [0.3, 0.4) is 0 Å². The normalized spacial score (nSPS) is 14.6. The summed E-state index contributed by atoms with van der Waals surface area (Å²) in [5.41, 5.74) is 7.53. The number of aryl methyl sites for hydroxylation is 1. The Kier molecular flexibility index (Phi) is 3.59. The molecule has 104 valence electrons. The van der Waals surface area contributed by atoms with Gasteiger partial charge >= 0.3 is 0 Å². The average molecular weight is 285 g/mol. The molecule has 3 nitrogen and oxygen atoms in total. The zero-order valence-corrected chi connectivity index (χ0v) is 12.6. The first-order chi connectivity index (χ1) is 9.70. The van der Waals surface area contributed by atoms with Gasteiger partial charge in [-0.2, -0.15) is 5.10 Å². The number of fused-ring (bicyclic) bond motifs is 1. The molecular weight excluding hydrogens is 266 g/mol. The van der Waals surface area contributed by atoms with Crippen molar-refractivity contribution in [1.29, 1.82) is 0 Å². The minimum absolute atomic E-state index is 0.0661. The molecule has 0 amide bonds. The van der Waals surface area contributed by atoms with Gasteiger partial charge in [0.15, 0.2) is 0 Å². The van der Waals surface area contributed by atoms with E-state index in [1.807, 2.05) is 12.3 Å². The smallest absolute Gasteiger partial charge is 0.102 e. The number of nitrogens with zero attached hydrogens (tertiary/aromatic N) is 2. The SMILES string of the molecule is CCC(N)C(c1ccc(C)s1)n1ncc2ccccc21. The first-order valence-electron chi connectivity index (χ1n) is 6.95. The predicted octanol–water partition coefficient (Wildman–Crippen LogP) is 3.73. The molecule has 3 aromatic rings. The van der Waals surface area contributed by atoms with Gasteiger partial charge in [0.2, 0.25) is 0 Å². The summed E-state index contributed by atoms with van der Waals surface area (Å²) in [7, 11) is 0. The molecule has 2 atom stereocenters. The van der Waals surface area contributed by atoms with Crippen LogP contribution >= 0.6 is 11.3 Å². The van der Waals surface area contributed by atoms with Crippen molar-refractivity contribution in [3.63, 3.8) is 0 Å². The third-order valence-corrected chi connectivity index (χ3v) is 4.77. The van der Waals surface area contributed by atoms with Crippen LogP contribution in [0.25, 0.3) is 10.9 Å². The van der Waals surface area contributed by atoms with Gasteiger partial charge in [-0.05, 0) is 31.5 Å². The van der Waals surface area contributed by atoms with Crippen LogP contribution in [-0.2, 0) is 0 Å². The van der Waals surface area contributed by atoms with E-state index >= 15 is 0 Å². The Bertz CT molecular complexity index is 713. The van der Waals surface area contributed by atoms with Gasteiger partial charge in [0.25, 0.3) is 0 Å². The summed E-state index contributed by atoms with van der Waals surface area (Å²) in [6.07, 6.45) is 2.85. The number of thiophene rings is 1. The first kappa shape index (κ1) is 13.3. The van der Waals surface area contributed by atoms with Gasteiger partial charge in [-0.3, -0.25) is 4.68 Å². The van der Waals surface area contributed by atoms with Crippen LogP contribution < -0.4 is 5.73 Å². The van der Waals surface area contributed by atoms with Gasteiger partial charge in [-0.25, -0.2) is 0 Å². The molecule has 0 aliphatic carbocycles.